The van der Waals surface area contributed by atoms with Gasteiger partial charge in [-0.05, 0) is 52.9 Å². The molecular formula is C22H34O4. The molecule has 0 saturated carbocycles. The maximum atomic E-state index is 13.0. The maximum absolute atomic E-state index is 13.0. The predicted octanol–water partition coefficient (Wildman–Crippen LogP) is 4.69. The molecule has 1 aliphatic rings. The minimum atomic E-state index is -1.71. The van der Waals surface area contributed by atoms with Crippen LogP contribution in [0, 0.1) is 17.8 Å². The van der Waals surface area contributed by atoms with E-state index in [1.807, 2.05) is 53.7 Å². The average molecular weight is 363 g/mol. The van der Waals surface area contributed by atoms with Gasteiger partial charge in [-0.2, -0.15) is 0 Å². The van der Waals surface area contributed by atoms with Crippen molar-refractivity contribution in [1.29, 1.82) is 0 Å². The topological polar surface area (TPSA) is 74.6 Å². The lowest BCUT2D eigenvalue weighted by atomic mass is 9.75. The zero-order chi connectivity index (χ0) is 20.2. The first-order valence-electron chi connectivity index (χ1n) is 9.49. The van der Waals surface area contributed by atoms with Crippen LogP contribution in [-0.2, 0) is 9.59 Å². The van der Waals surface area contributed by atoms with Crippen molar-refractivity contribution in [2.45, 2.75) is 73.3 Å². The molecule has 0 bridgehead atoms. The number of hydrogen-bond donors (Lipinski definition) is 2. The van der Waals surface area contributed by atoms with Crippen molar-refractivity contribution in [3.8, 4) is 0 Å². The number of Topliss-reactive ketones (excluding diaryl/α,β-unsaturated/α-hetero) is 2. The fraction of sp³-hybridized carbons (Fsp3) is 0.636. The highest BCUT2D eigenvalue weighted by atomic mass is 16.3. The number of carbonyl (C=O) groups is 2. The van der Waals surface area contributed by atoms with Crippen molar-refractivity contribution in [1.82, 2.24) is 0 Å². The molecule has 1 rings (SSSR count). The molecule has 26 heavy (non-hydrogen) atoms. The van der Waals surface area contributed by atoms with Crippen LogP contribution in [0.4, 0.5) is 0 Å². The SMILES string of the molecule is CCC(C)C(=O)C1=C(O)[C@@](O)([C@@H](C)CC=C(C)C)C(CC=C(C)C)C1=O. The van der Waals surface area contributed by atoms with Gasteiger partial charge in [-0.25, -0.2) is 0 Å². The van der Waals surface area contributed by atoms with Crippen LogP contribution in [0.3, 0.4) is 0 Å². The summed E-state index contributed by atoms with van der Waals surface area (Å²) in [5.41, 5.74) is 0.217. The zero-order valence-corrected chi connectivity index (χ0v) is 17.2. The van der Waals surface area contributed by atoms with Gasteiger partial charge in [0.2, 0.25) is 0 Å². The summed E-state index contributed by atoms with van der Waals surface area (Å²) in [4.78, 5) is 25.7. The van der Waals surface area contributed by atoms with Gasteiger partial charge < -0.3 is 10.2 Å². The van der Waals surface area contributed by atoms with Crippen molar-refractivity contribution < 1.29 is 19.8 Å². The summed E-state index contributed by atoms with van der Waals surface area (Å²) in [7, 11) is 0. The first-order valence-corrected chi connectivity index (χ1v) is 9.49. The zero-order valence-electron chi connectivity index (χ0n) is 17.2. The Morgan fingerprint density at radius 3 is 2.15 bits per heavy atom. The molecular weight excluding hydrogens is 328 g/mol. The third kappa shape index (κ3) is 4.35. The van der Waals surface area contributed by atoms with E-state index in [1.165, 1.54) is 0 Å². The van der Waals surface area contributed by atoms with E-state index >= 15 is 0 Å². The van der Waals surface area contributed by atoms with E-state index in [0.29, 0.717) is 19.3 Å². The van der Waals surface area contributed by atoms with Crippen LogP contribution < -0.4 is 0 Å². The Balaban J connectivity index is 3.43. The average Bonchev–Trinajstić information content (AvgIpc) is 2.76. The van der Waals surface area contributed by atoms with Crippen LogP contribution in [0.15, 0.2) is 34.6 Å². The molecule has 0 saturated heterocycles. The molecule has 0 amide bonds. The molecule has 0 radical (unpaired) electrons. The monoisotopic (exact) mass is 362 g/mol. The standard InChI is InChI=1S/C22H34O4/c1-8-15(6)19(23)18-20(24)17(12-10-14(4)5)22(26,21(18)25)16(7)11-9-13(2)3/h9-10,15-17,25-26H,8,11-12H2,1-7H3/t15?,16-,17?,22+/m0/s1. The van der Waals surface area contributed by atoms with Gasteiger partial charge in [-0.15, -0.1) is 0 Å². The second-order valence-electron chi connectivity index (χ2n) is 8.07. The Kier molecular flexibility index (Phi) is 7.57. The number of hydrogen-bond acceptors (Lipinski definition) is 4. The third-order valence-corrected chi connectivity index (χ3v) is 5.41. The van der Waals surface area contributed by atoms with Crippen molar-refractivity contribution in [2.75, 3.05) is 0 Å². The van der Waals surface area contributed by atoms with Gasteiger partial charge in [0.1, 0.15) is 16.9 Å². The second-order valence-corrected chi connectivity index (χ2v) is 8.07. The summed E-state index contributed by atoms with van der Waals surface area (Å²) in [5.74, 6) is -2.83. The quantitative estimate of drug-likeness (QED) is 0.485. The Labute approximate surface area is 157 Å². The number of aliphatic hydroxyl groups excluding tert-OH is 1. The van der Waals surface area contributed by atoms with Gasteiger partial charge in [-0.3, -0.25) is 9.59 Å². The van der Waals surface area contributed by atoms with Crippen LogP contribution in [-0.4, -0.2) is 27.4 Å². The molecule has 0 aromatic carbocycles. The Bertz CT molecular complexity index is 645. The summed E-state index contributed by atoms with van der Waals surface area (Å²) >= 11 is 0. The highest BCUT2D eigenvalue weighted by molar-refractivity contribution is 6.24. The van der Waals surface area contributed by atoms with E-state index in [-0.39, 0.29) is 23.2 Å². The molecule has 0 aliphatic heterocycles. The second kappa shape index (κ2) is 8.81. The van der Waals surface area contributed by atoms with Crippen molar-refractivity contribution >= 4 is 11.6 Å². The Morgan fingerprint density at radius 2 is 1.69 bits per heavy atom. The van der Waals surface area contributed by atoms with E-state index < -0.39 is 23.1 Å². The van der Waals surface area contributed by atoms with Crippen LogP contribution in [0.2, 0.25) is 0 Å². The summed E-state index contributed by atoms with van der Waals surface area (Å²) in [6, 6.07) is 0. The van der Waals surface area contributed by atoms with E-state index in [1.54, 1.807) is 6.92 Å². The van der Waals surface area contributed by atoms with Gasteiger partial charge in [-0.1, -0.05) is 44.1 Å². The number of aliphatic hydroxyl groups is 2. The molecule has 0 aromatic heterocycles. The molecule has 1 aliphatic carbocycles. The summed E-state index contributed by atoms with van der Waals surface area (Å²) in [6.45, 7) is 13.2. The highest BCUT2D eigenvalue weighted by Crippen LogP contribution is 2.46. The minimum Gasteiger partial charge on any atom is -0.508 e. The largest absolute Gasteiger partial charge is 0.508 e. The highest BCUT2D eigenvalue weighted by Gasteiger charge is 2.57. The first kappa shape index (κ1) is 22.4. The fourth-order valence-corrected chi connectivity index (χ4v) is 3.34. The third-order valence-electron chi connectivity index (χ3n) is 5.41. The van der Waals surface area contributed by atoms with Crippen LogP contribution in [0.5, 0.6) is 0 Å². The lowest BCUT2D eigenvalue weighted by molar-refractivity contribution is -0.129. The summed E-state index contributed by atoms with van der Waals surface area (Å²) in [5, 5.41) is 22.2. The number of allylic oxidation sites excluding steroid dienone is 5. The van der Waals surface area contributed by atoms with E-state index in [2.05, 4.69) is 0 Å². The van der Waals surface area contributed by atoms with Crippen molar-refractivity contribution in [3.05, 3.63) is 34.6 Å². The number of ketones is 2. The van der Waals surface area contributed by atoms with E-state index in [4.69, 9.17) is 0 Å². The maximum Gasteiger partial charge on any atom is 0.176 e. The van der Waals surface area contributed by atoms with Crippen LogP contribution >= 0.6 is 0 Å². The summed E-state index contributed by atoms with van der Waals surface area (Å²) < 4.78 is 0. The molecule has 4 nitrogen and oxygen atoms in total. The Hall–Kier alpha value is -1.68. The van der Waals surface area contributed by atoms with Crippen molar-refractivity contribution in [2.24, 2.45) is 17.8 Å². The molecule has 146 valence electrons. The Morgan fingerprint density at radius 1 is 1.15 bits per heavy atom. The number of carbonyl (C=O) groups excluding carboxylic acids is 2. The molecule has 0 spiro atoms. The molecule has 4 atom stereocenters. The molecule has 0 aromatic rings. The molecule has 0 fully saturated rings. The normalized spacial score (nSPS) is 25.1. The van der Waals surface area contributed by atoms with Crippen LogP contribution in [0.25, 0.3) is 0 Å². The fourth-order valence-electron chi connectivity index (χ4n) is 3.34. The van der Waals surface area contributed by atoms with E-state index in [9.17, 15) is 19.8 Å². The van der Waals surface area contributed by atoms with Crippen molar-refractivity contribution in [3.63, 3.8) is 0 Å². The lowest BCUT2D eigenvalue weighted by Gasteiger charge is -2.34. The van der Waals surface area contributed by atoms with Gasteiger partial charge >= 0.3 is 0 Å². The van der Waals surface area contributed by atoms with Crippen LogP contribution in [0.1, 0.15) is 67.7 Å². The van der Waals surface area contributed by atoms with Gasteiger partial charge in [0.25, 0.3) is 0 Å². The lowest BCUT2D eigenvalue weighted by Crippen LogP contribution is -2.44. The summed E-state index contributed by atoms with van der Waals surface area (Å²) in [6.07, 6.45) is 5.26. The number of rotatable bonds is 8. The van der Waals surface area contributed by atoms with Gasteiger partial charge in [0, 0.05) is 5.92 Å². The molecule has 2 N–H and O–H groups in total. The molecule has 4 heteroatoms. The van der Waals surface area contributed by atoms with Gasteiger partial charge in [0.15, 0.2) is 11.6 Å². The minimum absolute atomic E-state index is 0.196. The first-order chi connectivity index (χ1) is 12.0. The molecule has 0 heterocycles. The smallest absolute Gasteiger partial charge is 0.176 e. The molecule has 2 unspecified atom stereocenters. The van der Waals surface area contributed by atoms with E-state index in [0.717, 1.165) is 11.1 Å². The van der Waals surface area contributed by atoms with Gasteiger partial charge in [0.05, 0.1) is 5.92 Å². The predicted molar refractivity (Wildman–Crippen MR) is 105 cm³/mol.